The smallest absolute Gasteiger partial charge is 2.00 e. The Morgan fingerprint density at radius 3 is 0.333 bits per heavy atom. The van der Waals surface area contributed by atoms with Gasteiger partial charge in [-0.3, -0.25) is 0 Å². The topological polar surface area (TPSA) is 114 Å². The maximum Gasteiger partial charge on any atom is 2.00 e. The molecule has 6 heteroatoms. The van der Waals surface area contributed by atoms with Crippen LogP contribution in [0.2, 0.25) is 0 Å². The molecule has 0 saturated carbocycles. The summed E-state index contributed by atoms with van der Waals surface area (Å²) in [6.07, 6.45) is 0. The van der Waals surface area contributed by atoms with Crippen LogP contribution < -0.4 is 0 Å². The van der Waals surface area contributed by atoms with Crippen LogP contribution in [0.3, 0.4) is 0 Å². The van der Waals surface area contributed by atoms with Crippen LogP contribution in [0.25, 0.3) is 0 Å². The van der Waals surface area contributed by atoms with Crippen LogP contribution in [-0.4, -0.2) is 0 Å². The molecule has 0 rings (SSSR count). The molecule has 0 aliphatic heterocycles. The van der Waals surface area contributed by atoms with Gasteiger partial charge in [-0.05, 0) is 0 Å². The molecule has 0 aromatic carbocycles. The molecule has 0 aliphatic rings. The summed E-state index contributed by atoms with van der Waals surface area (Å²) < 4.78 is 0. The first-order valence-electron chi connectivity index (χ1n) is 0. The van der Waals surface area contributed by atoms with Gasteiger partial charge in [0.05, 0.1) is 0 Å². The molecule has 0 fully saturated rings. The van der Waals surface area contributed by atoms with Crippen molar-refractivity contribution < 1.29 is 56.0 Å². The van der Waals surface area contributed by atoms with E-state index in [1.807, 2.05) is 0 Å². The van der Waals surface area contributed by atoms with Crippen LogP contribution in [0.15, 0.2) is 0 Å². The van der Waals surface area contributed by atoms with Gasteiger partial charge < -0.3 is 21.9 Å². The van der Waals surface area contributed by atoms with E-state index in [0.717, 1.165) is 0 Å². The predicted octanol–water partition coefficient (Wildman–Crippen LogP) is -0.480. The SMILES string of the molecule is [Mn+2].[Mn+2].[O-2].[O-2].[O-2].[O-2]. The summed E-state index contributed by atoms with van der Waals surface area (Å²) in [4.78, 5) is 0. The monoisotopic (exact) mass is 174 g/mol. The van der Waals surface area contributed by atoms with Crippen molar-refractivity contribution in [3.05, 3.63) is 0 Å². The normalized spacial score (nSPS) is 0. The van der Waals surface area contributed by atoms with Gasteiger partial charge >= 0.3 is 34.1 Å². The third-order valence-corrected chi connectivity index (χ3v) is 0. The minimum absolute atomic E-state index is 0. The number of rotatable bonds is 0. The zero-order valence-electron chi connectivity index (χ0n) is 2.39. The summed E-state index contributed by atoms with van der Waals surface area (Å²) in [5.74, 6) is 0. The van der Waals surface area contributed by atoms with Gasteiger partial charge in [-0.1, -0.05) is 0 Å². The second-order valence-electron chi connectivity index (χ2n) is 0. The fourth-order valence-corrected chi connectivity index (χ4v) is 0. The van der Waals surface area contributed by atoms with E-state index in [4.69, 9.17) is 0 Å². The molecule has 0 N–H and O–H groups in total. The Kier molecular flexibility index (Phi) is 9290. The molecule has 0 spiro atoms. The average molecular weight is 174 g/mol. The summed E-state index contributed by atoms with van der Waals surface area (Å²) >= 11 is 0. The van der Waals surface area contributed by atoms with Gasteiger partial charge in [0, 0.05) is 0 Å². The van der Waals surface area contributed by atoms with Crippen molar-refractivity contribution in [1.82, 2.24) is 0 Å². The molecule has 0 unspecified atom stereocenters. The van der Waals surface area contributed by atoms with Crippen LogP contribution in [0.5, 0.6) is 0 Å². The minimum Gasteiger partial charge on any atom is -2.00 e. The van der Waals surface area contributed by atoms with E-state index in [0.29, 0.717) is 0 Å². The second-order valence-corrected chi connectivity index (χ2v) is 0. The van der Waals surface area contributed by atoms with Crippen molar-refractivity contribution in [2.75, 3.05) is 0 Å². The van der Waals surface area contributed by atoms with E-state index in [9.17, 15) is 0 Å². The van der Waals surface area contributed by atoms with Crippen molar-refractivity contribution in [3.8, 4) is 0 Å². The molecule has 2 radical (unpaired) electrons. The largest absolute Gasteiger partial charge is 2.00 e. The van der Waals surface area contributed by atoms with Crippen LogP contribution in [0.4, 0.5) is 0 Å². The average Bonchev–Trinajstić information content (AvgIpc) is 0. The summed E-state index contributed by atoms with van der Waals surface area (Å²) in [7, 11) is 0. The van der Waals surface area contributed by atoms with Crippen LogP contribution in [-0.2, 0) is 56.0 Å². The van der Waals surface area contributed by atoms with E-state index >= 15 is 0 Å². The first-order chi connectivity index (χ1) is 0. The third-order valence-electron chi connectivity index (χ3n) is 0. The summed E-state index contributed by atoms with van der Waals surface area (Å²) in [6.45, 7) is 0. The van der Waals surface area contributed by atoms with Crippen molar-refractivity contribution in [2.45, 2.75) is 0 Å². The zero-order chi connectivity index (χ0) is 0. The molecule has 4 nitrogen and oxygen atoms in total. The van der Waals surface area contributed by atoms with E-state index in [1.54, 1.807) is 0 Å². The van der Waals surface area contributed by atoms with Crippen molar-refractivity contribution in [1.29, 1.82) is 0 Å². The standard InChI is InChI=1S/2Mn.4O/q2*+2;4*-2. The maximum atomic E-state index is 0. The molecule has 6 heavy (non-hydrogen) atoms. The molecule has 0 aromatic heterocycles. The molecule has 42 valence electrons. The Hall–Kier alpha value is 0.879. The molecule has 0 aromatic rings. The van der Waals surface area contributed by atoms with Gasteiger partial charge in [0.25, 0.3) is 0 Å². The zero-order valence-corrected chi connectivity index (χ0v) is 4.75. The Labute approximate surface area is 56.5 Å². The summed E-state index contributed by atoms with van der Waals surface area (Å²) in [6, 6.07) is 0. The number of hydrogen-bond acceptors (Lipinski definition) is 0. The minimum atomic E-state index is 0. The first kappa shape index (κ1) is 308. The van der Waals surface area contributed by atoms with Crippen molar-refractivity contribution in [2.24, 2.45) is 0 Å². The van der Waals surface area contributed by atoms with Crippen LogP contribution >= 0.6 is 0 Å². The molecule has 0 atom stereocenters. The molecule has 0 aliphatic carbocycles. The fourth-order valence-electron chi connectivity index (χ4n) is 0. The Balaban J connectivity index is 0. The first-order valence-corrected chi connectivity index (χ1v) is 0. The number of hydrogen-bond donors (Lipinski definition) is 0. The Morgan fingerprint density at radius 2 is 0.333 bits per heavy atom. The Bertz CT molecular complexity index is 5.51. The quantitative estimate of drug-likeness (QED) is 0.441. The van der Waals surface area contributed by atoms with Crippen molar-refractivity contribution >= 4 is 0 Å². The summed E-state index contributed by atoms with van der Waals surface area (Å²) in [5, 5.41) is 0. The fraction of sp³-hybridized carbons (Fsp3) is 0. The van der Waals surface area contributed by atoms with Gasteiger partial charge in [0.15, 0.2) is 0 Å². The van der Waals surface area contributed by atoms with Gasteiger partial charge in [-0.25, -0.2) is 0 Å². The molecule has 0 bridgehead atoms. The van der Waals surface area contributed by atoms with Crippen LogP contribution in [0.1, 0.15) is 0 Å². The molecule has 0 amide bonds. The molecular weight excluding hydrogens is 174 g/mol. The van der Waals surface area contributed by atoms with E-state index in [-0.39, 0.29) is 56.0 Å². The molecule has 0 heterocycles. The van der Waals surface area contributed by atoms with Gasteiger partial charge in [-0.15, -0.1) is 0 Å². The summed E-state index contributed by atoms with van der Waals surface area (Å²) in [5.41, 5.74) is 0. The van der Waals surface area contributed by atoms with Crippen LogP contribution in [0, 0.1) is 0 Å². The maximum absolute atomic E-state index is 0. The van der Waals surface area contributed by atoms with E-state index in [2.05, 4.69) is 0 Å². The van der Waals surface area contributed by atoms with Gasteiger partial charge in [0.2, 0.25) is 0 Å². The van der Waals surface area contributed by atoms with E-state index < -0.39 is 0 Å². The Morgan fingerprint density at radius 1 is 0.333 bits per heavy atom. The second kappa shape index (κ2) is 181. The molecule has 0 saturated heterocycles. The van der Waals surface area contributed by atoms with E-state index in [1.165, 1.54) is 0 Å². The molecular formula is Mn2O4-4. The third kappa shape index (κ3) is 95.0. The van der Waals surface area contributed by atoms with Crippen molar-refractivity contribution in [3.63, 3.8) is 0 Å². The van der Waals surface area contributed by atoms with Gasteiger partial charge in [0.1, 0.15) is 0 Å². The van der Waals surface area contributed by atoms with Gasteiger partial charge in [-0.2, -0.15) is 0 Å². The predicted molar refractivity (Wildman–Crippen MR) is 2.75 cm³/mol.